The second-order valence-electron chi connectivity index (χ2n) is 13.3. The normalized spacial score (nSPS) is 32.7. The summed E-state index contributed by atoms with van der Waals surface area (Å²) >= 11 is 4.23. The molecule has 0 amide bonds. The van der Waals surface area contributed by atoms with Crippen molar-refractivity contribution in [1.82, 2.24) is 0 Å². The molecule has 0 aromatic heterocycles. The van der Waals surface area contributed by atoms with Gasteiger partial charge in [0.05, 0.1) is 23.9 Å². The standard InChI is InChI=1S/C23H40O3S2.C10H18O3/c1-4-5-6-7-19(24)9-8-18-12-13-23(25-16-22(2,3)17-26-23)20(18)10-11-21-27-14-15-28-21;1-3-7-11-9(5-1)13-10-6-2-4-8-12-10/h8-9,18-21,24H,4-7,10-17H2,1-3H3;9-10H,1-8H2/b9-8+;. The molecule has 5 fully saturated rings. The largest absolute Gasteiger partial charge is 0.389 e. The topological polar surface area (TPSA) is 66.4 Å². The van der Waals surface area contributed by atoms with Crippen LogP contribution in [0.25, 0.3) is 0 Å². The van der Waals surface area contributed by atoms with E-state index in [1.165, 1.54) is 56.5 Å². The van der Waals surface area contributed by atoms with Gasteiger partial charge >= 0.3 is 0 Å². The lowest BCUT2D eigenvalue weighted by Gasteiger charge is -2.45. The van der Waals surface area contributed by atoms with E-state index in [1.54, 1.807) is 0 Å². The van der Waals surface area contributed by atoms with Crippen molar-refractivity contribution in [1.29, 1.82) is 0 Å². The molecule has 8 heteroatoms. The molecule has 1 N–H and O–H groups in total. The maximum atomic E-state index is 10.3. The van der Waals surface area contributed by atoms with Crippen molar-refractivity contribution in [2.75, 3.05) is 37.9 Å². The number of thioether (sulfide) groups is 2. The fourth-order valence-corrected chi connectivity index (χ4v) is 9.35. The molecule has 4 saturated heterocycles. The molecule has 1 spiro atoms. The molecule has 238 valence electrons. The smallest absolute Gasteiger partial charge is 0.171 e. The monoisotopic (exact) mass is 614 g/mol. The maximum Gasteiger partial charge on any atom is 0.171 e. The Kier molecular flexibility index (Phi) is 14.7. The highest BCUT2D eigenvalue weighted by Crippen LogP contribution is 2.51. The number of hydrogen-bond donors (Lipinski definition) is 1. The number of unbranched alkanes of at least 4 members (excludes halogenated alkanes) is 2. The van der Waals surface area contributed by atoms with Crippen LogP contribution in [0.2, 0.25) is 0 Å². The number of aliphatic hydroxyl groups excluding tert-OH is 1. The summed E-state index contributed by atoms with van der Waals surface area (Å²) in [6.45, 7) is 9.91. The third kappa shape index (κ3) is 11.3. The van der Waals surface area contributed by atoms with Gasteiger partial charge in [0, 0.05) is 42.5 Å². The predicted molar refractivity (Wildman–Crippen MR) is 170 cm³/mol. The van der Waals surface area contributed by atoms with E-state index in [-0.39, 0.29) is 24.1 Å². The third-order valence-electron chi connectivity index (χ3n) is 8.99. The van der Waals surface area contributed by atoms with Crippen molar-refractivity contribution < 1.29 is 28.8 Å². The fourth-order valence-electron chi connectivity index (χ4n) is 6.49. The zero-order valence-corrected chi connectivity index (χ0v) is 27.7. The van der Waals surface area contributed by atoms with Crippen LogP contribution in [0, 0.1) is 17.3 Å². The van der Waals surface area contributed by atoms with Crippen LogP contribution in [0.15, 0.2) is 12.2 Å². The van der Waals surface area contributed by atoms with Crippen molar-refractivity contribution in [3.8, 4) is 0 Å². The molecular formula is C33H58O6S2. The Bertz CT molecular complexity index is 720. The molecule has 0 aromatic rings. The third-order valence-corrected chi connectivity index (χ3v) is 12.2. The molecule has 0 bridgehead atoms. The number of allylic oxidation sites excluding steroid dienone is 1. The first kappa shape index (κ1) is 34.1. The van der Waals surface area contributed by atoms with Crippen LogP contribution < -0.4 is 0 Å². The lowest BCUT2D eigenvalue weighted by atomic mass is 9.86. The van der Waals surface area contributed by atoms with Gasteiger partial charge in [0.25, 0.3) is 0 Å². The van der Waals surface area contributed by atoms with E-state index in [0.717, 1.165) is 76.0 Å². The van der Waals surface area contributed by atoms with Crippen LogP contribution >= 0.6 is 23.5 Å². The first-order valence-electron chi connectivity index (χ1n) is 16.7. The van der Waals surface area contributed by atoms with E-state index in [1.807, 2.05) is 0 Å². The number of rotatable bonds is 11. The number of ether oxygens (including phenoxy) is 5. The van der Waals surface area contributed by atoms with Crippen LogP contribution in [0.5, 0.6) is 0 Å². The first-order chi connectivity index (χ1) is 19.9. The molecule has 1 saturated carbocycles. The van der Waals surface area contributed by atoms with E-state index < -0.39 is 5.79 Å². The van der Waals surface area contributed by atoms with Gasteiger partial charge in [-0.05, 0) is 70.1 Å². The lowest BCUT2D eigenvalue weighted by molar-refractivity contribution is -0.316. The Labute approximate surface area is 258 Å². The van der Waals surface area contributed by atoms with Gasteiger partial charge in [-0.3, -0.25) is 0 Å². The summed E-state index contributed by atoms with van der Waals surface area (Å²) in [5.41, 5.74) is 0.107. The Hall–Kier alpha value is 0.200. The van der Waals surface area contributed by atoms with Gasteiger partial charge in [-0.1, -0.05) is 52.2 Å². The quantitative estimate of drug-likeness (QED) is 0.186. The summed E-state index contributed by atoms with van der Waals surface area (Å²) < 4.78 is 30.3. The summed E-state index contributed by atoms with van der Waals surface area (Å²) in [7, 11) is 0. The molecule has 5 rings (SSSR count). The second-order valence-corrected chi connectivity index (χ2v) is 16.2. The molecule has 0 aromatic carbocycles. The predicted octanol–water partition coefficient (Wildman–Crippen LogP) is 7.92. The van der Waals surface area contributed by atoms with E-state index in [0.29, 0.717) is 11.8 Å². The number of hydrogen-bond acceptors (Lipinski definition) is 8. The van der Waals surface area contributed by atoms with E-state index in [9.17, 15) is 5.11 Å². The summed E-state index contributed by atoms with van der Waals surface area (Å²) in [6.07, 6.45) is 19.7. The van der Waals surface area contributed by atoms with Crippen LogP contribution in [-0.2, 0) is 23.7 Å². The highest BCUT2D eigenvalue weighted by atomic mass is 32.2. The SMILES string of the molecule is C1CCC(OC2CCCCO2)OC1.CCCCCC(O)/C=C/C1CCC2(OCC(C)(C)CO2)C1CCC1SCCS1. The summed E-state index contributed by atoms with van der Waals surface area (Å²) in [5, 5.41) is 10.3. The minimum atomic E-state index is -0.397. The van der Waals surface area contributed by atoms with Gasteiger partial charge < -0.3 is 28.8 Å². The molecule has 0 radical (unpaired) electrons. The van der Waals surface area contributed by atoms with Crippen LogP contribution in [0.4, 0.5) is 0 Å². The molecule has 4 aliphatic heterocycles. The maximum absolute atomic E-state index is 10.3. The average molecular weight is 615 g/mol. The molecule has 1 aliphatic carbocycles. The minimum absolute atomic E-state index is 0.00292. The van der Waals surface area contributed by atoms with Gasteiger partial charge in [0.2, 0.25) is 0 Å². The summed E-state index contributed by atoms with van der Waals surface area (Å²) in [4.78, 5) is 0. The van der Waals surface area contributed by atoms with Gasteiger partial charge in [-0.2, -0.15) is 0 Å². The van der Waals surface area contributed by atoms with Crippen LogP contribution in [0.3, 0.4) is 0 Å². The highest BCUT2D eigenvalue weighted by molar-refractivity contribution is 8.20. The summed E-state index contributed by atoms with van der Waals surface area (Å²) in [5.74, 6) is 3.05. The molecule has 5 unspecified atom stereocenters. The van der Waals surface area contributed by atoms with Crippen molar-refractivity contribution in [2.45, 2.75) is 140 Å². The summed E-state index contributed by atoms with van der Waals surface area (Å²) in [6, 6.07) is 0. The van der Waals surface area contributed by atoms with E-state index >= 15 is 0 Å². The second kappa shape index (κ2) is 17.6. The lowest BCUT2D eigenvalue weighted by Crippen LogP contribution is -2.50. The van der Waals surface area contributed by atoms with Crippen LogP contribution in [-0.4, -0.2) is 72.1 Å². The average Bonchev–Trinajstić information content (AvgIpc) is 3.62. The first-order valence-corrected chi connectivity index (χ1v) is 18.7. The van der Waals surface area contributed by atoms with Crippen molar-refractivity contribution in [3.05, 3.63) is 12.2 Å². The molecule has 6 nitrogen and oxygen atoms in total. The van der Waals surface area contributed by atoms with Gasteiger partial charge in [0.15, 0.2) is 18.4 Å². The Morgan fingerprint density at radius 2 is 1.56 bits per heavy atom. The zero-order valence-electron chi connectivity index (χ0n) is 26.1. The fraction of sp³-hybridized carbons (Fsp3) is 0.939. The van der Waals surface area contributed by atoms with Crippen molar-refractivity contribution in [3.63, 3.8) is 0 Å². The van der Waals surface area contributed by atoms with Crippen LogP contribution in [0.1, 0.15) is 111 Å². The highest BCUT2D eigenvalue weighted by Gasteiger charge is 2.52. The van der Waals surface area contributed by atoms with Crippen molar-refractivity contribution >= 4 is 23.5 Å². The van der Waals surface area contributed by atoms with Crippen molar-refractivity contribution in [2.24, 2.45) is 17.3 Å². The number of aliphatic hydroxyl groups is 1. The molecule has 5 aliphatic rings. The molecule has 5 atom stereocenters. The zero-order chi connectivity index (χ0) is 29.0. The minimum Gasteiger partial charge on any atom is -0.389 e. The molecule has 4 heterocycles. The Balaban J connectivity index is 0.000000247. The molecular weight excluding hydrogens is 556 g/mol. The van der Waals surface area contributed by atoms with E-state index in [2.05, 4.69) is 56.4 Å². The van der Waals surface area contributed by atoms with Gasteiger partial charge in [0.1, 0.15) is 0 Å². The Morgan fingerprint density at radius 1 is 0.902 bits per heavy atom. The Morgan fingerprint density at radius 3 is 2.15 bits per heavy atom. The van der Waals surface area contributed by atoms with Gasteiger partial charge in [-0.15, -0.1) is 23.5 Å². The molecule has 41 heavy (non-hydrogen) atoms. The van der Waals surface area contributed by atoms with E-state index in [4.69, 9.17) is 23.7 Å². The van der Waals surface area contributed by atoms with Gasteiger partial charge in [-0.25, -0.2) is 0 Å².